The van der Waals surface area contributed by atoms with Crippen molar-refractivity contribution in [1.29, 1.82) is 0 Å². The van der Waals surface area contributed by atoms with Crippen molar-refractivity contribution in [1.82, 2.24) is 0 Å². The predicted octanol–water partition coefficient (Wildman–Crippen LogP) is 2.95. The fourth-order valence-electron chi connectivity index (χ4n) is 3.59. The summed E-state index contributed by atoms with van der Waals surface area (Å²) in [7, 11) is 0. The molecule has 0 radical (unpaired) electrons. The zero-order valence-corrected chi connectivity index (χ0v) is 17.7. The highest BCUT2D eigenvalue weighted by Gasteiger charge is 2.38. The summed E-state index contributed by atoms with van der Waals surface area (Å²) in [6.07, 6.45) is -1.52. The molecule has 2 amide bonds. The first-order chi connectivity index (χ1) is 15.2. The predicted molar refractivity (Wildman–Crippen MR) is 114 cm³/mol. The quantitative estimate of drug-likeness (QED) is 0.431. The van der Waals surface area contributed by atoms with Crippen LogP contribution in [0.1, 0.15) is 31.1 Å². The molecule has 0 aromatic heterocycles. The van der Waals surface area contributed by atoms with Gasteiger partial charge in [0.1, 0.15) is 5.75 Å². The van der Waals surface area contributed by atoms with Crippen LogP contribution in [0.2, 0.25) is 0 Å². The van der Waals surface area contributed by atoms with Crippen molar-refractivity contribution in [2.24, 2.45) is 5.92 Å². The van der Waals surface area contributed by atoms with E-state index in [9.17, 15) is 24.5 Å². The first kappa shape index (κ1) is 21.3. The van der Waals surface area contributed by atoms with Crippen molar-refractivity contribution < 1.29 is 28.8 Å². The molecule has 0 saturated carbocycles. The molecule has 0 bridgehead atoms. The van der Waals surface area contributed by atoms with Crippen molar-refractivity contribution in [3.8, 4) is 11.5 Å². The normalized spacial score (nSPS) is 19.4. The molecule has 2 aliphatic heterocycles. The second kappa shape index (κ2) is 7.95. The van der Waals surface area contributed by atoms with Crippen molar-refractivity contribution >= 4 is 34.7 Å². The van der Waals surface area contributed by atoms with Gasteiger partial charge in [-0.2, -0.15) is 0 Å². The summed E-state index contributed by atoms with van der Waals surface area (Å²) >= 11 is 0. The Bertz CT molecular complexity index is 1140. The first-order valence-corrected chi connectivity index (χ1v) is 10.1. The largest absolute Gasteiger partial charge is 0.479 e. The number of nitro benzene ring substituents is 1. The average molecular weight is 439 g/mol. The van der Waals surface area contributed by atoms with Gasteiger partial charge in [0.05, 0.1) is 28.9 Å². The zero-order valence-electron chi connectivity index (χ0n) is 17.7. The molecule has 0 fully saturated rings. The van der Waals surface area contributed by atoms with Crippen LogP contribution < -0.4 is 19.7 Å². The monoisotopic (exact) mass is 439 g/mol. The Balaban J connectivity index is 1.65. The molecule has 10 nitrogen and oxygen atoms in total. The van der Waals surface area contributed by atoms with E-state index in [0.29, 0.717) is 11.4 Å². The van der Waals surface area contributed by atoms with Gasteiger partial charge in [0, 0.05) is 11.6 Å². The van der Waals surface area contributed by atoms with Gasteiger partial charge < -0.3 is 14.8 Å². The number of rotatable bonds is 5. The molecule has 2 atom stereocenters. The maximum Gasteiger partial charge on any atom is 0.273 e. The Morgan fingerprint density at radius 3 is 2.59 bits per heavy atom. The highest BCUT2D eigenvalue weighted by atomic mass is 16.6. The molecule has 2 aromatic carbocycles. The van der Waals surface area contributed by atoms with E-state index in [-0.39, 0.29) is 46.8 Å². The van der Waals surface area contributed by atoms with E-state index in [4.69, 9.17) is 9.47 Å². The van der Waals surface area contributed by atoms with Gasteiger partial charge in [0.2, 0.25) is 0 Å². The SMILES string of the molecule is CC1Oc2ccc(C(=O)CN3C(=O)C(C(C)C)Oc4cc([N+](=O)[O-])ccc43)cc2NC1=O. The summed E-state index contributed by atoms with van der Waals surface area (Å²) < 4.78 is 11.2. The number of carbonyl (C=O) groups excluding carboxylic acids is 3. The fourth-order valence-corrected chi connectivity index (χ4v) is 3.59. The zero-order chi connectivity index (χ0) is 23.2. The number of benzene rings is 2. The Kier molecular flexibility index (Phi) is 5.29. The van der Waals surface area contributed by atoms with Gasteiger partial charge in [-0.15, -0.1) is 0 Å². The van der Waals surface area contributed by atoms with Gasteiger partial charge >= 0.3 is 0 Å². The van der Waals surface area contributed by atoms with Crippen LogP contribution in [0.15, 0.2) is 36.4 Å². The summed E-state index contributed by atoms with van der Waals surface area (Å²) in [5, 5.41) is 13.8. The van der Waals surface area contributed by atoms with Crippen LogP contribution in [-0.4, -0.2) is 41.3 Å². The number of fused-ring (bicyclic) bond motifs is 2. The number of ether oxygens (including phenoxy) is 2. The minimum absolute atomic E-state index is 0.172. The molecule has 0 spiro atoms. The van der Waals surface area contributed by atoms with Gasteiger partial charge in [-0.05, 0) is 37.1 Å². The van der Waals surface area contributed by atoms with E-state index in [1.807, 2.05) is 0 Å². The number of non-ortho nitro benzene ring substituents is 1. The van der Waals surface area contributed by atoms with Gasteiger partial charge in [-0.3, -0.25) is 29.4 Å². The van der Waals surface area contributed by atoms with Crippen LogP contribution in [0.4, 0.5) is 17.1 Å². The third kappa shape index (κ3) is 3.75. The van der Waals surface area contributed by atoms with Crippen LogP contribution in [0.25, 0.3) is 0 Å². The standard InChI is InChI=1S/C22H21N3O7/c1-11(2)20-22(28)24(16-6-5-14(25(29)30)9-19(16)32-20)10-17(26)13-4-7-18-15(8-13)23-21(27)12(3)31-18/h4-9,11-12,20H,10H2,1-3H3,(H,23,27). The molecule has 2 unspecified atom stereocenters. The fraction of sp³-hybridized carbons (Fsp3) is 0.318. The maximum absolute atomic E-state index is 13.1. The number of nitro groups is 1. The minimum Gasteiger partial charge on any atom is -0.479 e. The Morgan fingerprint density at radius 1 is 1.16 bits per heavy atom. The van der Waals surface area contributed by atoms with Crippen molar-refractivity contribution in [2.75, 3.05) is 16.8 Å². The first-order valence-electron chi connectivity index (χ1n) is 10.1. The summed E-state index contributed by atoms with van der Waals surface area (Å²) in [5.41, 5.74) is 0.773. The summed E-state index contributed by atoms with van der Waals surface area (Å²) in [6, 6.07) is 8.57. The van der Waals surface area contributed by atoms with Crippen LogP contribution in [0, 0.1) is 16.0 Å². The average Bonchev–Trinajstić information content (AvgIpc) is 2.75. The second-order valence-corrected chi connectivity index (χ2v) is 8.00. The number of Topliss-reactive ketones (excluding diaryl/α,β-unsaturated/α-hetero) is 1. The lowest BCUT2D eigenvalue weighted by atomic mass is 10.0. The van der Waals surface area contributed by atoms with Crippen molar-refractivity contribution in [3.05, 3.63) is 52.1 Å². The number of amides is 2. The van der Waals surface area contributed by atoms with Crippen LogP contribution in [0.3, 0.4) is 0 Å². The molecule has 0 aliphatic carbocycles. The van der Waals surface area contributed by atoms with Crippen LogP contribution in [-0.2, 0) is 9.59 Å². The molecule has 2 heterocycles. The molecular formula is C22H21N3O7. The molecule has 32 heavy (non-hydrogen) atoms. The van der Waals surface area contributed by atoms with Crippen LogP contribution >= 0.6 is 0 Å². The highest BCUT2D eigenvalue weighted by molar-refractivity contribution is 6.09. The molecular weight excluding hydrogens is 418 g/mol. The van der Waals surface area contributed by atoms with Gasteiger partial charge in [0.25, 0.3) is 17.5 Å². The number of carbonyl (C=O) groups is 3. The molecule has 10 heteroatoms. The lowest BCUT2D eigenvalue weighted by molar-refractivity contribution is -0.384. The highest BCUT2D eigenvalue weighted by Crippen LogP contribution is 2.38. The van der Waals surface area contributed by atoms with Crippen molar-refractivity contribution in [2.45, 2.75) is 33.0 Å². The van der Waals surface area contributed by atoms with E-state index < -0.39 is 23.0 Å². The van der Waals surface area contributed by atoms with Gasteiger partial charge in [-0.1, -0.05) is 13.8 Å². The van der Waals surface area contributed by atoms with E-state index in [1.165, 1.54) is 29.2 Å². The van der Waals surface area contributed by atoms with E-state index in [2.05, 4.69) is 5.32 Å². The third-order valence-electron chi connectivity index (χ3n) is 5.35. The Morgan fingerprint density at radius 2 is 1.91 bits per heavy atom. The molecule has 2 aliphatic rings. The van der Waals surface area contributed by atoms with Gasteiger partial charge in [0.15, 0.2) is 23.7 Å². The molecule has 4 rings (SSSR count). The molecule has 2 aromatic rings. The Hall–Kier alpha value is -3.95. The summed E-state index contributed by atoms with van der Waals surface area (Å²) in [5.74, 6) is -0.689. The Labute approximate surface area is 183 Å². The molecule has 166 valence electrons. The van der Waals surface area contributed by atoms with Gasteiger partial charge in [-0.25, -0.2) is 0 Å². The lowest BCUT2D eigenvalue weighted by Gasteiger charge is -2.35. The number of ketones is 1. The van der Waals surface area contributed by atoms with Crippen molar-refractivity contribution in [3.63, 3.8) is 0 Å². The smallest absolute Gasteiger partial charge is 0.273 e. The minimum atomic E-state index is -0.880. The number of nitrogens with one attached hydrogen (secondary N) is 1. The third-order valence-corrected chi connectivity index (χ3v) is 5.35. The van der Waals surface area contributed by atoms with Crippen LogP contribution in [0.5, 0.6) is 11.5 Å². The molecule has 0 saturated heterocycles. The molecule has 1 N–H and O–H groups in total. The lowest BCUT2D eigenvalue weighted by Crippen LogP contribution is -2.50. The maximum atomic E-state index is 13.1. The summed E-state index contributed by atoms with van der Waals surface area (Å²) in [6.45, 7) is 4.91. The number of hydrogen-bond acceptors (Lipinski definition) is 7. The van der Waals surface area contributed by atoms with E-state index >= 15 is 0 Å². The topological polar surface area (TPSA) is 128 Å². The van der Waals surface area contributed by atoms with E-state index in [0.717, 1.165) is 0 Å². The van der Waals surface area contributed by atoms with E-state index in [1.54, 1.807) is 32.9 Å². The second-order valence-electron chi connectivity index (χ2n) is 8.00. The number of nitrogens with zero attached hydrogens (tertiary/aromatic N) is 2. The summed E-state index contributed by atoms with van der Waals surface area (Å²) in [4.78, 5) is 49.9. The number of hydrogen-bond donors (Lipinski definition) is 1. The number of anilines is 2.